The first-order chi connectivity index (χ1) is 15.4. The Morgan fingerprint density at radius 2 is 1.66 bits per heavy atom. The molecule has 0 spiro atoms. The zero-order valence-corrected chi connectivity index (χ0v) is 19.8. The number of hydrogen-bond acceptors (Lipinski definition) is 5. The maximum atomic E-state index is 12.5. The minimum Gasteiger partial charge on any atom is -0.492 e. The molecule has 1 atom stereocenters. The summed E-state index contributed by atoms with van der Waals surface area (Å²) < 4.78 is 11.9. The van der Waals surface area contributed by atoms with Crippen LogP contribution in [0.1, 0.15) is 45.6 Å². The van der Waals surface area contributed by atoms with Crippen molar-refractivity contribution in [3.8, 4) is 0 Å². The number of nitrogens with zero attached hydrogens (tertiary/aromatic N) is 3. The van der Waals surface area contributed by atoms with E-state index in [0.717, 1.165) is 38.4 Å². The molecular weight excluding hydrogens is 402 g/mol. The number of rotatable bonds is 5. The van der Waals surface area contributed by atoms with Gasteiger partial charge in [0.2, 0.25) is 0 Å². The Kier molecular flexibility index (Phi) is 7.09. The molecule has 3 aliphatic rings. The highest BCUT2D eigenvalue weighted by Crippen LogP contribution is 2.30. The minimum atomic E-state index is -0.464. The highest BCUT2D eigenvalue weighted by Gasteiger charge is 2.33. The van der Waals surface area contributed by atoms with Gasteiger partial charge in [0.25, 0.3) is 0 Å². The van der Waals surface area contributed by atoms with Crippen molar-refractivity contribution < 1.29 is 14.3 Å². The Morgan fingerprint density at radius 1 is 0.969 bits per heavy atom. The molecule has 0 N–H and O–H groups in total. The second-order valence-corrected chi connectivity index (χ2v) is 9.92. The maximum absolute atomic E-state index is 12.5. The van der Waals surface area contributed by atoms with E-state index in [4.69, 9.17) is 9.47 Å². The molecule has 6 nitrogen and oxygen atoms in total. The summed E-state index contributed by atoms with van der Waals surface area (Å²) in [7, 11) is 0. The van der Waals surface area contributed by atoms with Crippen molar-refractivity contribution in [2.24, 2.45) is 0 Å². The number of carbonyl (C=O) groups is 1. The molecule has 32 heavy (non-hydrogen) atoms. The van der Waals surface area contributed by atoms with Crippen molar-refractivity contribution in [3.05, 3.63) is 59.5 Å². The molecule has 0 saturated carbocycles. The molecule has 2 saturated heterocycles. The Bertz CT molecular complexity index is 830. The van der Waals surface area contributed by atoms with Crippen LogP contribution in [0.5, 0.6) is 0 Å². The van der Waals surface area contributed by atoms with Crippen molar-refractivity contribution in [2.45, 2.75) is 58.3 Å². The third kappa shape index (κ3) is 5.85. The summed E-state index contributed by atoms with van der Waals surface area (Å²) >= 11 is 0. The second kappa shape index (κ2) is 9.99. The fourth-order valence-electron chi connectivity index (χ4n) is 4.63. The standard InChI is InChI=1S/C26H37N3O3/c1-26(2,3)32-25(30)29-17-15-28(16-18-29)23-19-22(27-13-7-8-14-27)11-12-24(23)31-20-21-9-5-4-6-10-21/h4-6,9-12,23H,7-8,13-20H2,1-3H3. The van der Waals surface area contributed by atoms with Gasteiger partial charge < -0.3 is 19.3 Å². The second-order valence-electron chi connectivity index (χ2n) is 9.92. The predicted octanol–water partition coefficient (Wildman–Crippen LogP) is 4.39. The summed E-state index contributed by atoms with van der Waals surface area (Å²) in [6.45, 7) is 11.6. The van der Waals surface area contributed by atoms with Crippen LogP contribution in [0, 0.1) is 0 Å². The average molecular weight is 440 g/mol. The molecule has 2 aliphatic heterocycles. The Morgan fingerprint density at radius 3 is 2.31 bits per heavy atom. The normalized spacial score (nSPS) is 22.4. The van der Waals surface area contributed by atoms with E-state index in [9.17, 15) is 4.79 Å². The number of likely N-dealkylation sites (tertiary alicyclic amines) is 1. The van der Waals surface area contributed by atoms with Crippen LogP contribution in [-0.4, -0.2) is 71.7 Å². The molecule has 1 aliphatic carbocycles. The number of hydrogen-bond donors (Lipinski definition) is 0. The zero-order valence-electron chi connectivity index (χ0n) is 19.8. The van der Waals surface area contributed by atoms with E-state index in [1.165, 1.54) is 24.1 Å². The van der Waals surface area contributed by atoms with Crippen LogP contribution >= 0.6 is 0 Å². The van der Waals surface area contributed by atoms with Crippen molar-refractivity contribution >= 4 is 6.09 Å². The van der Waals surface area contributed by atoms with Gasteiger partial charge in [0.05, 0.1) is 6.04 Å². The average Bonchev–Trinajstić information content (AvgIpc) is 3.32. The first-order valence-corrected chi connectivity index (χ1v) is 11.9. The van der Waals surface area contributed by atoms with Crippen molar-refractivity contribution in [1.29, 1.82) is 0 Å². The van der Waals surface area contributed by atoms with Gasteiger partial charge in [-0.15, -0.1) is 0 Å². The van der Waals surface area contributed by atoms with Gasteiger partial charge in [-0.2, -0.15) is 0 Å². The molecule has 4 rings (SSSR count). The van der Waals surface area contributed by atoms with Gasteiger partial charge in [0.1, 0.15) is 18.0 Å². The molecule has 174 valence electrons. The SMILES string of the molecule is CC(C)(C)OC(=O)N1CCN(C2CC(N3CCCC3)=CC=C2OCc2ccccc2)CC1. The number of allylic oxidation sites excluding steroid dienone is 2. The van der Waals surface area contributed by atoms with Gasteiger partial charge in [-0.3, -0.25) is 4.90 Å². The van der Waals surface area contributed by atoms with E-state index in [2.05, 4.69) is 34.1 Å². The summed E-state index contributed by atoms with van der Waals surface area (Å²) in [4.78, 5) is 19.3. The van der Waals surface area contributed by atoms with Crippen LogP contribution in [0.15, 0.2) is 53.9 Å². The van der Waals surface area contributed by atoms with Crippen LogP contribution < -0.4 is 0 Å². The van der Waals surface area contributed by atoms with Gasteiger partial charge in [-0.25, -0.2) is 4.79 Å². The number of ether oxygens (including phenoxy) is 2. The minimum absolute atomic E-state index is 0.208. The third-order valence-electron chi connectivity index (χ3n) is 6.34. The fraction of sp³-hybridized carbons (Fsp3) is 0.577. The summed E-state index contributed by atoms with van der Waals surface area (Å²) in [5, 5.41) is 0. The zero-order chi connectivity index (χ0) is 22.6. The molecule has 6 heteroatoms. The van der Waals surface area contributed by atoms with Gasteiger partial charge >= 0.3 is 6.09 Å². The maximum Gasteiger partial charge on any atom is 0.410 e. The lowest BCUT2D eigenvalue weighted by atomic mass is 10.00. The summed E-state index contributed by atoms with van der Waals surface area (Å²) in [5.41, 5.74) is 2.12. The molecule has 1 aromatic carbocycles. The summed E-state index contributed by atoms with van der Waals surface area (Å²) in [6, 6.07) is 10.5. The monoisotopic (exact) mass is 439 g/mol. The number of piperazine rings is 1. The molecule has 0 aromatic heterocycles. The third-order valence-corrected chi connectivity index (χ3v) is 6.34. The fourth-order valence-corrected chi connectivity index (χ4v) is 4.63. The quantitative estimate of drug-likeness (QED) is 0.681. The van der Waals surface area contributed by atoms with E-state index in [1.54, 1.807) is 0 Å². The van der Waals surface area contributed by atoms with Crippen LogP contribution in [0.4, 0.5) is 4.79 Å². The van der Waals surface area contributed by atoms with Gasteiger partial charge in [0.15, 0.2) is 0 Å². The number of carbonyl (C=O) groups excluding carboxylic acids is 1. The first-order valence-electron chi connectivity index (χ1n) is 11.9. The summed E-state index contributed by atoms with van der Waals surface area (Å²) in [5.74, 6) is 1.03. The molecule has 1 amide bonds. The van der Waals surface area contributed by atoms with E-state index >= 15 is 0 Å². The Balaban J connectivity index is 1.42. The topological polar surface area (TPSA) is 45.2 Å². The lowest BCUT2D eigenvalue weighted by Crippen LogP contribution is -2.54. The van der Waals surface area contributed by atoms with Crippen molar-refractivity contribution in [1.82, 2.24) is 14.7 Å². The van der Waals surface area contributed by atoms with Gasteiger partial charge in [-0.05, 0) is 51.3 Å². The van der Waals surface area contributed by atoms with E-state index in [-0.39, 0.29) is 12.1 Å². The summed E-state index contributed by atoms with van der Waals surface area (Å²) in [6.07, 6.45) is 7.72. The lowest BCUT2D eigenvalue weighted by molar-refractivity contribution is 0.00784. The van der Waals surface area contributed by atoms with E-state index in [1.807, 2.05) is 43.9 Å². The lowest BCUT2D eigenvalue weighted by Gasteiger charge is -2.42. The number of amides is 1. The highest BCUT2D eigenvalue weighted by molar-refractivity contribution is 5.68. The van der Waals surface area contributed by atoms with Gasteiger partial charge in [-0.1, -0.05) is 30.3 Å². The van der Waals surface area contributed by atoms with Crippen LogP contribution in [0.3, 0.4) is 0 Å². The van der Waals surface area contributed by atoms with Gasteiger partial charge in [0, 0.05) is 51.4 Å². The van der Waals surface area contributed by atoms with E-state index < -0.39 is 5.60 Å². The van der Waals surface area contributed by atoms with Crippen molar-refractivity contribution in [2.75, 3.05) is 39.3 Å². The highest BCUT2D eigenvalue weighted by atomic mass is 16.6. The Hall–Kier alpha value is -2.47. The number of benzene rings is 1. The van der Waals surface area contributed by atoms with Crippen LogP contribution in [0.25, 0.3) is 0 Å². The first kappa shape index (κ1) is 22.7. The molecule has 2 fully saturated rings. The molecule has 0 bridgehead atoms. The molecule has 2 heterocycles. The molecule has 1 aromatic rings. The van der Waals surface area contributed by atoms with Crippen molar-refractivity contribution in [3.63, 3.8) is 0 Å². The molecule has 1 unspecified atom stereocenters. The smallest absolute Gasteiger partial charge is 0.410 e. The van der Waals surface area contributed by atoms with E-state index in [0.29, 0.717) is 19.7 Å². The molecular formula is C26H37N3O3. The molecule has 0 radical (unpaired) electrons. The van der Waals surface area contributed by atoms with Crippen LogP contribution in [-0.2, 0) is 16.1 Å². The van der Waals surface area contributed by atoms with Crippen LogP contribution in [0.2, 0.25) is 0 Å². The largest absolute Gasteiger partial charge is 0.492 e. The predicted molar refractivity (Wildman–Crippen MR) is 126 cm³/mol. The Labute approximate surface area is 192 Å².